The molecule has 1 aromatic rings. The smallest absolute Gasteiger partial charge is 0.235 e. The second kappa shape index (κ2) is 5.95. The average molecular weight is 302 g/mol. The van der Waals surface area contributed by atoms with Gasteiger partial charge < -0.3 is 5.32 Å². The highest BCUT2D eigenvalue weighted by molar-refractivity contribution is 7.17. The van der Waals surface area contributed by atoms with Crippen LogP contribution in [0.5, 0.6) is 0 Å². The van der Waals surface area contributed by atoms with Crippen molar-refractivity contribution in [2.24, 2.45) is 5.92 Å². The molecule has 1 aliphatic rings. The number of amides is 1. The van der Waals surface area contributed by atoms with Gasteiger partial charge in [0.25, 0.3) is 0 Å². The third-order valence-electron chi connectivity index (χ3n) is 3.39. The molecule has 0 saturated heterocycles. The van der Waals surface area contributed by atoms with E-state index >= 15 is 0 Å². The van der Waals surface area contributed by atoms with Gasteiger partial charge >= 0.3 is 0 Å². The van der Waals surface area contributed by atoms with Crippen LogP contribution in [0.2, 0.25) is 0 Å². The van der Waals surface area contributed by atoms with Gasteiger partial charge in [0, 0.05) is 6.92 Å². The predicted molar refractivity (Wildman–Crippen MR) is 72.6 cm³/mol. The predicted octanol–water partition coefficient (Wildman–Crippen LogP) is 3.07. The molecule has 0 aliphatic heterocycles. The van der Waals surface area contributed by atoms with Crippen LogP contribution >= 0.6 is 11.3 Å². The molecular formula is C13H16F2N2O2S. The summed E-state index contributed by atoms with van der Waals surface area (Å²) in [5.74, 6) is -2.13. The number of hydrogen-bond acceptors (Lipinski definition) is 4. The number of nitrogens with zero attached hydrogens (tertiary/aromatic N) is 1. The van der Waals surface area contributed by atoms with Crippen LogP contribution in [-0.2, 0) is 4.79 Å². The third-order valence-corrected chi connectivity index (χ3v) is 4.56. The van der Waals surface area contributed by atoms with E-state index in [0.29, 0.717) is 17.0 Å². The van der Waals surface area contributed by atoms with Gasteiger partial charge in [-0.1, -0.05) is 11.3 Å². The van der Waals surface area contributed by atoms with E-state index in [0.717, 1.165) is 11.3 Å². The topological polar surface area (TPSA) is 59.1 Å². The maximum atomic E-state index is 13.7. The molecule has 7 heteroatoms. The molecule has 1 N–H and O–H groups in total. The fourth-order valence-electron chi connectivity index (χ4n) is 2.39. The number of aromatic nitrogens is 1. The van der Waals surface area contributed by atoms with Crippen molar-refractivity contribution in [3.8, 4) is 0 Å². The largest absolute Gasteiger partial charge is 0.302 e. The maximum Gasteiger partial charge on any atom is 0.235 e. The summed E-state index contributed by atoms with van der Waals surface area (Å²) in [6.07, 6.45) is -2.07. The molecule has 3 atom stereocenters. The van der Waals surface area contributed by atoms with Gasteiger partial charge in [-0.05, 0) is 26.2 Å². The summed E-state index contributed by atoms with van der Waals surface area (Å²) < 4.78 is 27.4. The highest BCUT2D eigenvalue weighted by Crippen LogP contribution is 2.31. The van der Waals surface area contributed by atoms with E-state index in [1.165, 1.54) is 6.92 Å². The number of alkyl halides is 2. The molecule has 110 valence electrons. The van der Waals surface area contributed by atoms with E-state index in [2.05, 4.69) is 10.3 Å². The number of Topliss-reactive ketones (excluding diaryl/α,β-unsaturated/α-hetero) is 1. The molecule has 0 spiro atoms. The Morgan fingerprint density at radius 2 is 1.90 bits per heavy atom. The minimum Gasteiger partial charge on any atom is -0.302 e. The highest BCUT2D eigenvalue weighted by Gasteiger charge is 2.39. The minimum absolute atomic E-state index is 0.148. The van der Waals surface area contributed by atoms with Crippen molar-refractivity contribution in [1.29, 1.82) is 0 Å². The zero-order valence-electron chi connectivity index (χ0n) is 11.3. The second-order valence-corrected chi connectivity index (χ2v) is 5.97. The Hall–Kier alpha value is -1.37. The van der Waals surface area contributed by atoms with Crippen LogP contribution in [0.25, 0.3) is 0 Å². The molecule has 1 aliphatic carbocycles. The minimum atomic E-state index is -1.47. The van der Waals surface area contributed by atoms with E-state index < -0.39 is 24.2 Å². The van der Waals surface area contributed by atoms with Crippen LogP contribution in [0.4, 0.5) is 13.9 Å². The molecule has 1 heterocycles. The zero-order chi connectivity index (χ0) is 14.9. The Bertz CT molecular complexity index is 522. The number of hydrogen-bond donors (Lipinski definition) is 1. The summed E-state index contributed by atoms with van der Waals surface area (Å²) in [7, 11) is 0. The van der Waals surface area contributed by atoms with Crippen molar-refractivity contribution in [3.63, 3.8) is 0 Å². The van der Waals surface area contributed by atoms with Crippen LogP contribution < -0.4 is 5.32 Å². The molecular weight excluding hydrogens is 286 g/mol. The standard InChI is InChI=1S/C13H16F2N2O2S/c1-6-11(7(2)18)20-13(16-6)17-12(19)10-8(14)4-3-5-9(10)15/h8-10H,3-5H2,1-2H3,(H,16,17,19)/t8-,9+,10?. The molecule has 0 bridgehead atoms. The number of aryl methyl sites for hydroxylation is 1. The lowest BCUT2D eigenvalue weighted by atomic mass is 9.85. The summed E-state index contributed by atoms with van der Waals surface area (Å²) in [4.78, 5) is 27.8. The Balaban J connectivity index is 2.11. The number of thiazole rings is 1. The van der Waals surface area contributed by atoms with Gasteiger partial charge in [-0.15, -0.1) is 0 Å². The Morgan fingerprint density at radius 1 is 1.30 bits per heavy atom. The van der Waals surface area contributed by atoms with E-state index in [9.17, 15) is 18.4 Å². The first-order valence-corrected chi connectivity index (χ1v) is 7.29. The zero-order valence-corrected chi connectivity index (χ0v) is 12.1. The molecule has 1 amide bonds. The van der Waals surface area contributed by atoms with E-state index in [-0.39, 0.29) is 23.8 Å². The van der Waals surface area contributed by atoms with Gasteiger partial charge in [-0.25, -0.2) is 13.8 Å². The fourth-order valence-corrected chi connectivity index (χ4v) is 3.25. The van der Waals surface area contributed by atoms with Crippen molar-refractivity contribution in [1.82, 2.24) is 4.98 Å². The summed E-state index contributed by atoms with van der Waals surface area (Å²) in [6.45, 7) is 3.06. The number of carbonyl (C=O) groups excluding carboxylic acids is 2. The van der Waals surface area contributed by atoms with Gasteiger partial charge in [-0.3, -0.25) is 9.59 Å². The molecule has 0 radical (unpaired) electrons. The molecule has 2 rings (SSSR count). The van der Waals surface area contributed by atoms with Crippen molar-refractivity contribution in [2.45, 2.75) is 45.5 Å². The quantitative estimate of drug-likeness (QED) is 0.873. The Labute approximate surface area is 119 Å². The second-order valence-electron chi connectivity index (χ2n) is 4.97. The van der Waals surface area contributed by atoms with Crippen molar-refractivity contribution in [2.75, 3.05) is 5.32 Å². The van der Waals surface area contributed by atoms with Crippen LogP contribution in [0.3, 0.4) is 0 Å². The lowest BCUT2D eigenvalue weighted by molar-refractivity contribution is -0.125. The Kier molecular flexibility index (Phi) is 4.47. The van der Waals surface area contributed by atoms with E-state index in [1.54, 1.807) is 6.92 Å². The van der Waals surface area contributed by atoms with Crippen LogP contribution in [0, 0.1) is 12.8 Å². The molecule has 4 nitrogen and oxygen atoms in total. The van der Waals surface area contributed by atoms with Crippen molar-refractivity contribution >= 4 is 28.2 Å². The first-order valence-electron chi connectivity index (χ1n) is 6.47. The summed E-state index contributed by atoms with van der Waals surface area (Å²) in [6, 6.07) is 0. The number of carbonyl (C=O) groups is 2. The first-order chi connectivity index (χ1) is 9.40. The highest BCUT2D eigenvalue weighted by atomic mass is 32.1. The van der Waals surface area contributed by atoms with Gasteiger partial charge in [0.1, 0.15) is 18.3 Å². The monoisotopic (exact) mass is 302 g/mol. The van der Waals surface area contributed by atoms with Gasteiger partial charge in [0.15, 0.2) is 10.9 Å². The molecule has 1 saturated carbocycles. The SMILES string of the molecule is CC(=O)c1sc(NC(=O)C2[C@H](F)CCC[C@@H]2F)nc1C. The molecule has 1 unspecified atom stereocenters. The van der Waals surface area contributed by atoms with Crippen molar-refractivity contribution < 1.29 is 18.4 Å². The number of halogens is 2. The lowest BCUT2D eigenvalue weighted by Crippen LogP contribution is -2.40. The van der Waals surface area contributed by atoms with Crippen LogP contribution in [-0.4, -0.2) is 29.0 Å². The number of anilines is 1. The van der Waals surface area contributed by atoms with Gasteiger partial charge in [0.2, 0.25) is 5.91 Å². The number of ketones is 1. The summed E-state index contributed by atoms with van der Waals surface area (Å²) in [5, 5.41) is 2.64. The van der Waals surface area contributed by atoms with Crippen LogP contribution in [0.15, 0.2) is 0 Å². The van der Waals surface area contributed by atoms with E-state index in [1.807, 2.05) is 0 Å². The van der Waals surface area contributed by atoms with Crippen molar-refractivity contribution in [3.05, 3.63) is 10.6 Å². The number of nitrogens with one attached hydrogen (secondary N) is 1. The first kappa shape index (κ1) is 15.0. The van der Waals surface area contributed by atoms with Gasteiger partial charge in [0.05, 0.1) is 10.6 Å². The Morgan fingerprint density at radius 3 is 2.40 bits per heavy atom. The molecule has 1 aromatic heterocycles. The number of rotatable bonds is 3. The summed E-state index contributed by atoms with van der Waals surface area (Å²) in [5.41, 5.74) is 0.509. The van der Waals surface area contributed by atoms with Gasteiger partial charge in [-0.2, -0.15) is 0 Å². The lowest BCUT2D eigenvalue weighted by Gasteiger charge is -2.27. The normalized spacial score (nSPS) is 26.3. The van der Waals surface area contributed by atoms with E-state index in [4.69, 9.17) is 0 Å². The van der Waals surface area contributed by atoms with Crippen LogP contribution in [0.1, 0.15) is 41.6 Å². The molecule has 0 aromatic carbocycles. The maximum absolute atomic E-state index is 13.7. The average Bonchev–Trinajstić information content (AvgIpc) is 2.70. The molecule has 20 heavy (non-hydrogen) atoms. The third kappa shape index (κ3) is 3.03. The molecule has 1 fully saturated rings. The summed E-state index contributed by atoms with van der Waals surface area (Å²) >= 11 is 1.02. The fraction of sp³-hybridized carbons (Fsp3) is 0.615.